The first-order valence-corrected chi connectivity index (χ1v) is 47.4. The summed E-state index contributed by atoms with van der Waals surface area (Å²) in [4.78, 5) is 0. The molecule has 0 saturated carbocycles. The standard InChI is InChI=1S/2C48H32N2.C36H24N2/c1-3-13-33(14-4-1)35-17-11-19-39(29-35)49-45-23-9-7-21-41(45)43-31-37(25-27-47(43)49)38-26-28-48-44(32-38)42-22-8-10-24-46(42)50(48)40-20-12-18-36(30-40)34-15-5-2-6-16-34;1-3-11-33(12-4-1)35-19-25-39(26-20-35)49-45-17-9-7-15-41(45)43-31-37(23-29-47(43)49)38-24-30-48-44(32-38)42-16-8-10-18-46(42)50(48)40-27-21-36(22-28-40)34-13-5-2-6-14-34;1-3-11-27(12-4-1)37-33-17-9-7-15-29(33)31-23-25(19-21-35(31)37)26-20-22-36-32(24-26)30-16-8-10-18-34(30)38(36)28-13-5-2-6-14-28/h2*1-32H;1-24H. The van der Waals surface area contributed by atoms with Gasteiger partial charge in [-0.15, -0.1) is 0 Å². The molecule has 0 saturated heterocycles. The van der Waals surface area contributed by atoms with Crippen LogP contribution in [0.5, 0.6) is 0 Å². The van der Waals surface area contributed by atoms with E-state index in [1.54, 1.807) is 0 Å². The van der Waals surface area contributed by atoms with Gasteiger partial charge in [0.15, 0.2) is 0 Å². The molecule has 0 radical (unpaired) electrons. The maximum atomic E-state index is 2.40. The number of fused-ring (bicyclic) bond motifs is 18. The Morgan fingerprint density at radius 1 is 0.0797 bits per heavy atom. The van der Waals surface area contributed by atoms with Crippen molar-refractivity contribution < 1.29 is 0 Å². The maximum Gasteiger partial charge on any atom is 0.0541 e. The van der Waals surface area contributed by atoms with Crippen LogP contribution >= 0.6 is 0 Å². The predicted molar refractivity (Wildman–Crippen MR) is 583 cm³/mol. The molecule has 0 aliphatic carbocycles. The lowest BCUT2D eigenvalue weighted by molar-refractivity contribution is 1.18. The fourth-order valence-electron chi connectivity index (χ4n) is 21.5. The zero-order chi connectivity index (χ0) is 91.1. The van der Waals surface area contributed by atoms with E-state index in [9.17, 15) is 0 Å². The minimum absolute atomic E-state index is 1.16. The lowest BCUT2D eigenvalue weighted by atomic mass is 10.0. The van der Waals surface area contributed by atoms with Gasteiger partial charge in [0.05, 0.1) is 66.2 Å². The van der Waals surface area contributed by atoms with Gasteiger partial charge in [-0.3, -0.25) is 0 Å². The van der Waals surface area contributed by atoms with Crippen molar-refractivity contribution in [2.45, 2.75) is 0 Å². The van der Waals surface area contributed by atoms with Gasteiger partial charge in [-0.05, 0) is 260 Å². The average Bonchev–Trinajstić information content (AvgIpc) is 1.59. The summed E-state index contributed by atoms with van der Waals surface area (Å²) in [6.45, 7) is 0. The topological polar surface area (TPSA) is 29.6 Å². The number of rotatable bonds is 13. The molecule has 0 aliphatic rings. The lowest BCUT2D eigenvalue weighted by Gasteiger charge is -2.11. The Kier molecular flexibility index (Phi) is 19.9. The smallest absolute Gasteiger partial charge is 0.0541 e. The van der Waals surface area contributed by atoms with Crippen molar-refractivity contribution >= 4 is 131 Å². The van der Waals surface area contributed by atoms with E-state index in [4.69, 9.17) is 0 Å². The molecule has 28 aromatic rings. The first kappa shape index (κ1) is 80.5. The van der Waals surface area contributed by atoms with Crippen LogP contribution in [0.15, 0.2) is 534 Å². The van der Waals surface area contributed by atoms with Gasteiger partial charge in [0.25, 0.3) is 0 Å². The van der Waals surface area contributed by atoms with Crippen molar-refractivity contribution in [3.05, 3.63) is 534 Å². The largest absolute Gasteiger partial charge is 0.309 e. The molecular formula is C132H88N6. The summed E-state index contributed by atoms with van der Waals surface area (Å²) < 4.78 is 14.3. The molecule has 6 aromatic heterocycles. The van der Waals surface area contributed by atoms with Crippen LogP contribution in [-0.2, 0) is 0 Å². The van der Waals surface area contributed by atoms with Crippen molar-refractivity contribution in [1.29, 1.82) is 0 Å². The molecule has 6 nitrogen and oxygen atoms in total. The quantitative estimate of drug-likeness (QED) is 0.110. The van der Waals surface area contributed by atoms with Crippen molar-refractivity contribution in [3.8, 4) is 112 Å². The first-order valence-electron chi connectivity index (χ1n) is 47.4. The number of benzene rings is 22. The number of hydrogen-bond acceptors (Lipinski definition) is 0. The summed E-state index contributed by atoms with van der Waals surface area (Å²) in [5.74, 6) is 0. The number of nitrogens with zero attached hydrogens (tertiary/aromatic N) is 6. The molecule has 646 valence electrons. The zero-order valence-electron chi connectivity index (χ0n) is 75.5. The highest BCUT2D eigenvalue weighted by molar-refractivity contribution is 6.17. The zero-order valence-corrected chi connectivity index (χ0v) is 75.5. The minimum Gasteiger partial charge on any atom is -0.309 e. The molecule has 6 heteroatoms. The fourth-order valence-corrected chi connectivity index (χ4v) is 21.5. The molecule has 0 aliphatic heterocycles. The Hall–Kier alpha value is -18.4. The first-order chi connectivity index (χ1) is 68.5. The highest BCUT2D eigenvalue weighted by Crippen LogP contribution is 2.45. The van der Waals surface area contributed by atoms with Gasteiger partial charge >= 0.3 is 0 Å². The molecule has 0 atom stereocenters. The van der Waals surface area contributed by atoms with Gasteiger partial charge < -0.3 is 27.4 Å². The summed E-state index contributed by atoms with van der Waals surface area (Å²) in [7, 11) is 0. The summed E-state index contributed by atoms with van der Waals surface area (Å²) in [5, 5.41) is 15.1. The van der Waals surface area contributed by atoms with Crippen LogP contribution in [0, 0.1) is 0 Å². The van der Waals surface area contributed by atoms with E-state index in [1.165, 1.54) is 220 Å². The average molecular weight is 1760 g/mol. The fraction of sp³-hybridized carbons (Fsp3) is 0. The molecule has 0 amide bonds. The van der Waals surface area contributed by atoms with Gasteiger partial charge in [0.1, 0.15) is 0 Å². The summed E-state index contributed by atoms with van der Waals surface area (Å²) >= 11 is 0. The van der Waals surface area contributed by atoms with E-state index in [-0.39, 0.29) is 0 Å². The van der Waals surface area contributed by atoms with Crippen LogP contribution in [0.25, 0.3) is 243 Å². The number of hydrogen-bond donors (Lipinski definition) is 0. The number of para-hydroxylation sites is 8. The van der Waals surface area contributed by atoms with Gasteiger partial charge in [0.2, 0.25) is 0 Å². The van der Waals surface area contributed by atoms with Crippen LogP contribution in [0.2, 0.25) is 0 Å². The van der Waals surface area contributed by atoms with E-state index in [2.05, 4.69) is 561 Å². The Bertz CT molecular complexity index is 8980. The minimum atomic E-state index is 1.16. The van der Waals surface area contributed by atoms with Gasteiger partial charge in [-0.1, -0.05) is 352 Å². The van der Waals surface area contributed by atoms with Crippen LogP contribution in [0.4, 0.5) is 0 Å². The Morgan fingerprint density at radius 3 is 0.457 bits per heavy atom. The van der Waals surface area contributed by atoms with Crippen molar-refractivity contribution in [3.63, 3.8) is 0 Å². The molecule has 0 fully saturated rings. The Labute approximate surface area is 798 Å². The van der Waals surface area contributed by atoms with Crippen LogP contribution in [-0.4, -0.2) is 27.4 Å². The van der Waals surface area contributed by atoms with E-state index in [1.807, 2.05) is 0 Å². The summed E-state index contributed by atoms with van der Waals surface area (Å²) in [5.41, 5.74) is 38.7. The molecule has 28 rings (SSSR count). The van der Waals surface area contributed by atoms with Gasteiger partial charge in [0, 0.05) is 98.8 Å². The normalized spacial score (nSPS) is 11.6. The molecule has 0 spiro atoms. The van der Waals surface area contributed by atoms with Crippen molar-refractivity contribution in [1.82, 2.24) is 27.4 Å². The summed E-state index contributed by atoms with van der Waals surface area (Å²) in [6.07, 6.45) is 0. The second kappa shape index (κ2) is 34.0. The molecule has 0 N–H and O–H groups in total. The van der Waals surface area contributed by atoms with E-state index < -0.39 is 0 Å². The van der Waals surface area contributed by atoms with Gasteiger partial charge in [-0.25, -0.2) is 0 Å². The van der Waals surface area contributed by atoms with E-state index in [0.717, 1.165) is 22.7 Å². The maximum absolute atomic E-state index is 2.40. The van der Waals surface area contributed by atoms with Crippen LogP contribution in [0.3, 0.4) is 0 Å². The predicted octanol–water partition coefficient (Wildman–Crippen LogP) is 35.3. The molecule has 0 bridgehead atoms. The monoisotopic (exact) mass is 1760 g/mol. The van der Waals surface area contributed by atoms with Crippen molar-refractivity contribution in [2.24, 2.45) is 0 Å². The van der Waals surface area contributed by atoms with E-state index >= 15 is 0 Å². The lowest BCUT2D eigenvalue weighted by Crippen LogP contribution is -1.94. The highest BCUT2D eigenvalue weighted by Gasteiger charge is 2.23. The third kappa shape index (κ3) is 14.0. The van der Waals surface area contributed by atoms with Crippen LogP contribution < -0.4 is 0 Å². The molecule has 138 heavy (non-hydrogen) atoms. The third-order valence-corrected chi connectivity index (χ3v) is 28.0. The van der Waals surface area contributed by atoms with E-state index in [0.29, 0.717) is 0 Å². The SMILES string of the molecule is c1ccc(-c2ccc(-n3c4ccccc4c4cc(-c5ccc6c(c5)c5ccccc5n6-c5ccc(-c6ccccc6)cc5)ccc43)cc2)cc1.c1ccc(-c2cccc(-n3c4ccccc4c4cc(-c5ccc6c(c5)c5ccccc5n6-c5cccc(-c6ccccc6)c5)ccc43)c2)cc1.c1ccc(-n2c3ccccc3c3cc(-c4ccc5c(c4)c4ccccc4n5-c4ccccc4)ccc32)cc1. The highest BCUT2D eigenvalue weighted by atomic mass is 15.0. The Balaban J connectivity index is 0.000000108. The molecule has 6 heterocycles. The second-order valence-corrected chi connectivity index (χ2v) is 35.8. The second-order valence-electron chi connectivity index (χ2n) is 35.8. The van der Waals surface area contributed by atoms with Crippen LogP contribution in [0.1, 0.15) is 0 Å². The van der Waals surface area contributed by atoms with Crippen molar-refractivity contribution in [2.75, 3.05) is 0 Å². The Morgan fingerprint density at radius 2 is 0.225 bits per heavy atom. The summed E-state index contributed by atoms with van der Waals surface area (Å²) in [6, 6.07) is 193. The molecule has 0 unspecified atom stereocenters. The van der Waals surface area contributed by atoms with Gasteiger partial charge in [-0.2, -0.15) is 0 Å². The number of aromatic nitrogens is 6. The molecular weight excluding hydrogens is 1670 g/mol. The third-order valence-electron chi connectivity index (χ3n) is 28.0. The molecule has 22 aromatic carbocycles.